The van der Waals surface area contributed by atoms with E-state index in [0.717, 1.165) is 39.0 Å². The van der Waals surface area contributed by atoms with Gasteiger partial charge in [-0.15, -0.1) is 12.4 Å². The van der Waals surface area contributed by atoms with Crippen molar-refractivity contribution in [3.63, 3.8) is 0 Å². The minimum absolute atomic E-state index is 0. The summed E-state index contributed by atoms with van der Waals surface area (Å²) < 4.78 is 0. The van der Waals surface area contributed by atoms with Gasteiger partial charge in [0.25, 0.3) is 5.91 Å². The van der Waals surface area contributed by atoms with Crippen molar-refractivity contribution in [1.29, 1.82) is 0 Å². The maximum Gasteiger partial charge on any atom is 0.256 e. The fraction of sp³-hybridized carbons (Fsp3) is 0.533. The van der Waals surface area contributed by atoms with Crippen molar-refractivity contribution >= 4 is 41.5 Å². The van der Waals surface area contributed by atoms with Crippen molar-refractivity contribution in [2.24, 2.45) is 5.41 Å². The van der Waals surface area contributed by atoms with Crippen molar-refractivity contribution < 1.29 is 4.79 Å². The van der Waals surface area contributed by atoms with Crippen LogP contribution in [-0.2, 0) is 0 Å². The molecule has 1 aromatic rings. The van der Waals surface area contributed by atoms with Crippen LogP contribution in [0.2, 0.25) is 10.0 Å². The maximum absolute atomic E-state index is 12.6. The highest BCUT2D eigenvalue weighted by atomic mass is 35.5. The van der Waals surface area contributed by atoms with E-state index in [1.807, 2.05) is 4.90 Å². The molecule has 1 amide bonds. The number of benzene rings is 1. The molecule has 2 fully saturated rings. The normalized spacial score (nSPS) is 20.4. The summed E-state index contributed by atoms with van der Waals surface area (Å²) in [5.74, 6) is -0.0404. The number of carbonyl (C=O) groups excluding carboxylic acids is 1. The standard InChI is InChI=1S/C15H18Cl2N2O.ClH/c16-11-2-1-3-12(17)13(11)14(20)19-8-5-15(6-9-19)4-7-18-10-15;/h1-3,18H,4-10H2;1H. The molecule has 21 heavy (non-hydrogen) atoms. The number of nitrogens with zero attached hydrogens (tertiary/aromatic N) is 1. The summed E-state index contributed by atoms with van der Waals surface area (Å²) >= 11 is 12.2. The van der Waals surface area contributed by atoms with E-state index in [1.165, 1.54) is 6.42 Å². The highest BCUT2D eigenvalue weighted by molar-refractivity contribution is 6.39. The van der Waals surface area contributed by atoms with Gasteiger partial charge in [-0.25, -0.2) is 0 Å². The van der Waals surface area contributed by atoms with Crippen molar-refractivity contribution in [1.82, 2.24) is 10.2 Å². The number of nitrogens with one attached hydrogen (secondary N) is 1. The Morgan fingerprint density at radius 1 is 1.14 bits per heavy atom. The Morgan fingerprint density at radius 2 is 1.76 bits per heavy atom. The van der Waals surface area contributed by atoms with E-state index >= 15 is 0 Å². The molecule has 3 nitrogen and oxygen atoms in total. The number of amides is 1. The second-order valence-corrected chi connectivity index (χ2v) is 6.63. The van der Waals surface area contributed by atoms with Gasteiger partial charge in [0.2, 0.25) is 0 Å². The predicted molar refractivity (Wildman–Crippen MR) is 88.8 cm³/mol. The van der Waals surface area contributed by atoms with Gasteiger partial charge in [-0.3, -0.25) is 4.79 Å². The quantitative estimate of drug-likeness (QED) is 0.839. The summed E-state index contributed by atoms with van der Waals surface area (Å²) in [5, 5.41) is 4.30. The van der Waals surface area contributed by atoms with E-state index in [0.29, 0.717) is 21.0 Å². The summed E-state index contributed by atoms with van der Waals surface area (Å²) in [7, 11) is 0. The van der Waals surface area contributed by atoms with Crippen molar-refractivity contribution in [2.75, 3.05) is 26.2 Å². The number of hydrogen-bond acceptors (Lipinski definition) is 2. The second kappa shape index (κ2) is 6.74. The molecule has 0 atom stereocenters. The van der Waals surface area contributed by atoms with Crippen LogP contribution in [0.15, 0.2) is 18.2 Å². The Hall–Kier alpha value is -0.480. The third kappa shape index (κ3) is 3.31. The van der Waals surface area contributed by atoms with Crippen LogP contribution < -0.4 is 5.32 Å². The van der Waals surface area contributed by atoms with Gasteiger partial charge >= 0.3 is 0 Å². The average Bonchev–Trinajstić information content (AvgIpc) is 2.87. The topological polar surface area (TPSA) is 32.3 Å². The van der Waals surface area contributed by atoms with Crippen LogP contribution in [0.4, 0.5) is 0 Å². The Morgan fingerprint density at radius 3 is 2.29 bits per heavy atom. The Bertz CT molecular complexity index is 499. The summed E-state index contributed by atoms with van der Waals surface area (Å²) in [6.45, 7) is 3.77. The third-order valence-corrected chi connectivity index (χ3v) is 5.25. The largest absolute Gasteiger partial charge is 0.339 e. The van der Waals surface area contributed by atoms with Gasteiger partial charge in [-0.1, -0.05) is 29.3 Å². The number of hydrogen-bond donors (Lipinski definition) is 1. The molecule has 0 unspecified atom stereocenters. The molecule has 0 bridgehead atoms. The van der Waals surface area contributed by atoms with E-state index in [1.54, 1.807) is 18.2 Å². The van der Waals surface area contributed by atoms with Crippen LogP contribution in [0.25, 0.3) is 0 Å². The molecule has 0 radical (unpaired) electrons. The van der Waals surface area contributed by atoms with Gasteiger partial charge in [0.1, 0.15) is 0 Å². The molecule has 2 aliphatic rings. The fourth-order valence-electron chi connectivity index (χ4n) is 3.27. The van der Waals surface area contributed by atoms with Gasteiger partial charge < -0.3 is 10.2 Å². The molecule has 0 saturated carbocycles. The minimum atomic E-state index is -0.0404. The molecular formula is C15H19Cl3N2O. The molecule has 2 heterocycles. The highest BCUT2D eigenvalue weighted by Gasteiger charge is 2.38. The van der Waals surface area contributed by atoms with E-state index in [-0.39, 0.29) is 18.3 Å². The van der Waals surface area contributed by atoms with Crippen molar-refractivity contribution in [3.8, 4) is 0 Å². The van der Waals surface area contributed by atoms with E-state index in [9.17, 15) is 4.79 Å². The maximum atomic E-state index is 12.6. The summed E-state index contributed by atoms with van der Waals surface area (Å²) in [6, 6.07) is 5.19. The molecule has 1 spiro atoms. The molecule has 6 heteroatoms. The molecule has 0 aliphatic carbocycles. The van der Waals surface area contributed by atoms with Gasteiger partial charge in [-0.2, -0.15) is 0 Å². The van der Waals surface area contributed by atoms with Crippen LogP contribution in [0.5, 0.6) is 0 Å². The smallest absolute Gasteiger partial charge is 0.256 e. The molecule has 1 aromatic carbocycles. The van der Waals surface area contributed by atoms with E-state index < -0.39 is 0 Å². The monoisotopic (exact) mass is 348 g/mol. The van der Waals surface area contributed by atoms with Crippen LogP contribution in [0.1, 0.15) is 29.6 Å². The molecule has 3 rings (SSSR count). The average molecular weight is 350 g/mol. The first kappa shape index (κ1) is 16.9. The fourth-order valence-corrected chi connectivity index (χ4v) is 3.83. The Kier molecular flexibility index (Phi) is 5.42. The number of rotatable bonds is 1. The van der Waals surface area contributed by atoms with Crippen molar-refractivity contribution in [3.05, 3.63) is 33.8 Å². The van der Waals surface area contributed by atoms with E-state index in [4.69, 9.17) is 23.2 Å². The first-order valence-corrected chi connectivity index (χ1v) is 7.81. The number of piperidine rings is 1. The van der Waals surface area contributed by atoms with Crippen LogP contribution in [0.3, 0.4) is 0 Å². The lowest BCUT2D eigenvalue weighted by Gasteiger charge is -2.39. The van der Waals surface area contributed by atoms with Crippen LogP contribution in [0, 0.1) is 5.41 Å². The van der Waals surface area contributed by atoms with Gasteiger partial charge in [0.15, 0.2) is 0 Å². The highest BCUT2D eigenvalue weighted by Crippen LogP contribution is 2.38. The summed E-state index contributed by atoms with van der Waals surface area (Å²) in [6.07, 6.45) is 3.35. The number of halogens is 3. The van der Waals surface area contributed by atoms with Gasteiger partial charge in [0.05, 0.1) is 15.6 Å². The number of likely N-dealkylation sites (tertiary alicyclic amines) is 1. The molecule has 0 aromatic heterocycles. The predicted octanol–water partition coefficient (Wildman–Crippen LogP) is 3.63. The molecule has 2 saturated heterocycles. The van der Waals surface area contributed by atoms with Gasteiger partial charge in [-0.05, 0) is 43.4 Å². The molecule has 1 N–H and O–H groups in total. The lowest BCUT2D eigenvalue weighted by molar-refractivity contribution is 0.0608. The summed E-state index contributed by atoms with van der Waals surface area (Å²) in [5.41, 5.74) is 0.845. The second-order valence-electron chi connectivity index (χ2n) is 5.82. The summed E-state index contributed by atoms with van der Waals surface area (Å²) in [4.78, 5) is 14.5. The van der Waals surface area contributed by atoms with Crippen LogP contribution in [-0.4, -0.2) is 37.0 Å². The first-order valence-electron chi connectivity index (χ1n) is 7.05. The zero-order valence-electron chi connectivity index (χ0n) is 11.7. The van der Waals surface area contributed by atoms with E-state index in [2.05, 4.69) is 5.32 Å². The number of carbonyl (C=O) groups is 1. The Labute approximate surface area is 141 Å². The SMILES string of the molecule is Cl.O=C(c1c(Cl)cccc1Cl)N1CCC2(CCNC2)CC1. The molecular weight excluding hydrogens is 331 g/mol. The minimum Gasteiger partial charge on any atom is -0.339 e. The lowest BCUT2D eigenvalue weighted by atomic mass is 9.78. The molecule has 2 aliphatic heterocycles. The Balaban J connectivity index is 0.00000161. The van der Waals surface area contributed by atoms with Crippen molar-refractivity contribution in [2.45, 2.75) is 19.3 Å². The van der Waals surface area contributed by atoms with Crippen LogP contribution >= 0.6 is 35.6 Å². The zero-order chi connectivity index (χ0) is 14.2. The lowest BCUT2D eigenvalue weighted by Crippen LogP contribution is -2.44. The van der Waals surface area contributed by atoms with Gasteiger partial charge in [0, 0.05) is 19.6 Å². The zero-order valence-corrected chi connectivity index (χ0v) is 14.0. The third-order valence-electron chi connectivity index (χ3n) is 4.62. The molecule has 116 valence electrons. The first-order chi connectivity index (χ1) is 9.61.